The third-order valence-corrected chi connectivity index (χ3v) is 5.36. The number of nitrogens with one attached hydrogen (secondary N) is 1. The molecule has 0 radical (unpaired) electrons. The van der Waals surface area contributed by atoms with Gasteiger partial charge in [-0.1, -0.05) is 18.2 Å². The summed E-state index contributed by atoms with van der Waals surface area (Å²) >= 11 is 0. The van der Waals surface area contributed by atoms with Crippen LogP contribution >= 0.6 is 0 Å². The van der Waals surface area contributed by atoms with Crippen molar-refractivity contribution in [1.29, 1.82) is 0 Å². The molecule has 36 heavy (non-hydrogen) atoms. The molecule has 3 N–H and O–H groups in total. The highest BCUT2D eigenvalue weighted by atomic mass is 16.6. The lowest BCUT2D eigenvalue weighted by molar-refractivity contribution is 0.0508. The van der Waals surface area contributed by atoms with E-state index >= 15 is 0 Å². The zero-order valence-electron chi connectivity index (χ0n) is 20.6. The first-order valence-corrected chi connectivity index (χ1v) is 11.7. The molecule has 0 aliphatic carbocycles. The molecule has 0 bridgehead atoms. The molecule has 2 aromatic carbocycles. The number of para-hydroxylation sites is 1. The molecule has 1 aromatic heterocycles. The van der Waals surface area contributed by atoms with Crippen molar-refractivity contribution in [1.82, 2.24) is 10.3 Å². The molecular formula is C27H30N4O5. The Balaban J connectivity index is 1.44. The van der Waals surface area contributed by atoms with Crippen molar-refractivity contribution in [2.24, 2.45) is 5.73 Å². The van der Waals surface area contributed by atoms with E-state index in [-0.39, 0.29) is 17.5 Å². The molecule has 1 aliphatic rings. The molecule has 1 saturated heterocycles. The first kappa shape index (κ1) is 24.8. The van der Waals surface area contributed by atoms with Crippen LogP contribution in [0, 0.1) is 0 Å². The summed E-state index contributed by atoms with van der Waals surface area (Å²) in [4.78, 5) is 30.7. The average Bonchev–Trinajstić information content (AvgIpc) is 3.28. The van der Waals surface area contributed by atoms with Gasteiger partial charge in [-0.05, 0) is 75.7 Å². The van der Waals surface area contributed by atoms with Gasteiger partial charge >= 0.3 is 6.09 Å². The molecule has 4 rings (SSSR count). The van der Waals surface area contributed by atoms with Crippen molar-refractivity contribution in [3.05, 3.63) is 72.3 Å². The van der Waals surface area contributed by atoms with Gasteiger partial charge in [-0.3, -0.25) is 4.79 Å². The molecule has 9 heteroatoms. The van der Waals surface area contributed by atoms with Crippen LogP contribution in [0.3, 0.4) is 0 Å². The number of alkyl carbamates (subject to hydrolysis) is 1. The van der Waals surface area contributed by atoms with Gasteiger partial charge in [0.05, 0.1) is 6.04 Å². The standard InChI is InChI=1S/C27H30N4O5/c1-27(2,3)36-26(33)29-18-15-16-31(17-18)23-14-13-22(24(28)32)25(30-23)35-21-11-9-20(10-12-21)34-19-7-5-4-6-8-19/h4-14,18H,15-17H2,1-3H3,(H2,28,32)(H,29,33)/t18-/m0/s1. The van der Waals surface area contributed by atoms with E-state index in [0.717, 1.165) is 12.2 Å². The number of pyridine rings is 1. The van der Waals surface area contributed by atoms with Gasteiger partial charge in [-0.15, -0.1) is 0 Å². The first-order chi connectivity index (χ1) is 17.2. The van der Waals surface area contributed by atoms with Crippen molar-refractivity contribution in [2.75, 3.05) is 18.0 Å². The van der Waals surface area contributed by atoms with Crippen molar-refractivity contribution >= 4 is 17.8 Å². The number of nitrogens with zero attached hydrogens (tertiary/aromatic N) is 2. The van der Waals surface area contributed by atoms with Crippen LogP contribution in [-0.4, -0.2) is 41.7 Å². The molecule has 2 amide bonds. The molecule has 0 saturated carbocycles. The van der Waals surface area contributed by atoms with E-state index in [1.165, 1.54) is 0 Å². The molecular weight excluding hydrogens is 460 g/mol. The highest BCUT2D eigenvalue weighted by Gasteiger charge is 2.28. The quantitative estimate of drug-likeness (QED) is 0.485. The molecule has 9 nitrogen and oxygen atoms in total. The zero-order valence-corrected chi connectivity index (χ0v) is 20.6. The van der Waals surface area contributed by atoms with Crippen molar-refractivity contribution in [3.8, 4) is 23.1 Å². The van der Waals surface area contributed by atoms with Gasteiger partial charge in [-0.25, -0.2) is 4.79 Å². The topological polar surface area (TPSA) is 116 Å². The lowest BCUT2D eigenvalue weighted by Crippen LogP contribution is -2.40. The number of rotatable bonds is 7. The number of nitrogens with two attached hydrogens (primary N) is 1. The highest BCUT2D eigenvalue weighted by molar-refractivity contribution is 5.95. The Morgan fingerprint density at radius 1 is 0.944 bits per heavy atom. The van der Waals surface area contributed by atoms with Gasteiger partial charge in [0.2, 0.25) is 5.88 Å². The first-order valence-electron chi connectivity index (χ1n) is 11.7. The summed E-state index contributed by atoms with van der Waals surface area (Å²) in [6.45, 7) is 6.69. The number of ether oxygens (including phenoxy) is 3. The number of benzene rings is 2. The minimum absolute atomic E-state index is 0.0843. The molecule has 3 aromatic rings. The van der Waals surface area contributed by atoms with Crippen LogP contribution < -0.4 is 25.4 Å². The number of carbonyl (C=O) groups excluding carboxylic acids is 2. The maximum Gasteiger partial charge on any atom is 0.407 e. The summed E-state index contributed by atoms with van der Waals surface area (Å²) in [6.07, 6.45) is 0.285. The second-order valence-electron chi connectivity index (χ2n) is 9.45. The van der Waals surface area contributed by atoms with Gasteiger partial charge in [0.25, 0.3) is 5.91 Å². The molecule has 0 unspecified atom stereocenters. The van der Waals surface area contributed by atoms with Gasteiger partial charge in [0, 0.05) is 13.1 Å². The normalized spacial score (nSPS) is 15.3. The van der Waals surface area contributed by atoms with Crippen molar-refractivity contribution < 1.29 is 23.8 Å². The predicted molar refractivity (Wildman–Crippen MR) is 136 cm³/mol. The third kappa shape index (κ3) is 6.65. The summed E-state index contributed by atoms with van der Waals surface area (Å²) in [7, 11) is 0. The van der Waals surface area contributed by atoms with E-state index < -0.39 is 17.6 Å². The fraction of sp³-hybridized carbons (Fsp3) is 0.296. The van der Waals surface area contributed by atoms with Crippen LogP contribution in [-0.2, 0) is 4.74 Å². The number of amides is 2. The Kier molecular flexibility index (Phi) is 7.28. The fourth-order valence-electron chi connectivity index (χ4n) is 3.74. The lowest BCUT2D eigenvalue weighted by Gasteiger charge is -2.22. The van der Waals surface area contributed by atoms with Crippen molar-refractivity contribution in [3.63, 3.8) is 0 Å². The number of primary amides is 1. The van der Waals surface area contributed by atoms with E-state index in [0.29, 0.717) is 30.4 Å². The van der Waals surface area contributed by atoms with E-state index in [2.05, 4.69) is 10.3 Å². The Hall–Kier alpha value is -4.27. The summed E-state index contributed by atoms with van der Waals surface area (Å²) in [5.41, 5.74) is 5.16. The molecule has 2 heterocycles. The maximum absolute atomic E-state index is 12.1. The number of hydrogen-bond acceptors (Lipinski definition) is 7. The van der Waals surface area contributed by atoms with Gasteiger partial charge in [-0.2, -0.15) is 4.98 Å². The van der Waals surface area contributed by atoms with Crippen LogP contribution in [0.4, 0.5) is 10.6 Å². The van der Waals surface area contributed by atoms with Crippen LogP contribution in [0.15, 0.2) is 66.7 Å². The number of carbonyl (C=O) groups is 2. The molecule has 1 atom stereocenters. The molecule has 188 valence electrons. The summed E-state index contributed by atoms with van der Waals surface area (Å²) in [6, 6.07) is 19.7. The summed E-state index contributed by atoms with van der Waals surface area (Å²) in [5.74, 6) is 1.94. The maximum atomic E-state index is 12.1. The predicted octanol–water partition coefficient (Wildman–Crippen LogP) is 4.87. The third-order valence-electron chi connectivity index (χ3n) is 5.36. The van der Waals surface area contributed by atoms with Gasteiger partial charge in [0.15, 0.2) is 0 Å². The van der Waals surface area contributed by atoms with E-state index in [1.807, 2.05) is 56.0 Å². The molecule has 1 fully saturated rings. The number of hydrogen-bond donors (Lipinski definition) is 2. The lowest BCUT2D eigenvalue weighted by atomic mass is 10.2. The van der Waals surface area contributed by atoms with E-state index in [9.17, 15) is 9.59 Å². The Labute approximate surface area is 210 Å². The highest BCUT2D eigenvalue weighted by Crippen LogP contribution is 2.30. The van der Waals surface area contributed by atoms with Crippen LogP contribution in [0.2, 0.25) is 0 Å². The Morgan fingerprint density at radius 3 is 2.22 bits per heavy atom. The largest absolute Gasteiger partial charge is 0.457 e. The smallest absolute Gasteiger partial charge is 0.407 e. The number of anilines is 1. The van der Waals surface area contributed by atoms with Gasteiger partial charge in [0.1, 0.15) is 34.2 Å². The molecule has 1 aliphatic heterocycles. The Bertz CT molecular complexity index is 1210. The summed E-state index contributed by atoms with van der Waals surface area (Å²) < 4.78 is 17.1. The Morgan fingerprint density at radius 2 is 1.58 bits per heavy atom. The zero-order chi connectivity index (χ0) is 25.7. The van der Waals surface area contributed by atoms with Crippen LogP contribution in [0.5, 0.6) is 23.1 Å². The minimum Gasteiger partial charge on any atom is -0.457 e. The molecule has 0 spiro atoms. The van der Waals surface area contributed by atoms with E-state index in [1.54, 1.807) is 36.4 Å². The average molecular weight is 491 g/mol. The van der Waals surface area contributed by atoms with Crippen molar-refractivity contribution in [2.45, 2.75) is 38.8 Å². The second-order valence-corrected chi connectivity index (χ2v) is 9.45. The van der Waals surface area contributed by atoms with Crippen LogP contribution in [0.25, 0.3) is 0 Å². The minimum atomic E-state index is -0.640. The fourth-order valence-corrected chi connectivity index (χ4v) is 3.74. The van der Waals surface area contributed by atoms with Gasteiger partial charge < -0.3 is 30.2 Å². The van der Waals surface area contributed by atoms with Crippen LogP contribution in [0.1, 0.15) is 37.6 Å². The monoisotopic (exact) mass is 490 g/mol. The second kappa shape index (κ2) is 10.6. The summed E-state index contributed by atoms with van der Waals surface area (Å²) in [5, 5.41) is 2.89. The van der Waals surface area contributed by atoms with E-state index in [4.69, 9.17) is 19.9 Å². The number of aromatic nitrogens is 1. The SMILES string of the molecule is CC(C)(C)OC(=O)N[C@H]1CCN(c2ccc(C(N)=O)c(Oc3ccc(Oc4ccccc4)cc3)n2)C1.